The molecule has 0 bridgehead atoms. The van der Waals surface area contributed by atoms with E-state index in [0.717, 1.165) is 27.8 Å². The van der Waals surface area contributed by atoms with E-state index >= 15 is 0 Å². The highest BCUT2D eigenvalue weighted by molar-refractivity contribution is 7.90. The fraction of sp³-hybridized carbons (Fsp3) is 0.394. The zero-order valence-electron chi connectivity index (χ0n) is 27.5. The van der Waals surface area contributed by atoms with Crippen LogP contribution in [-0.4, -0.2) is 52.3 Å². The van der Waals surface area contributed by atoms with Crippen molar-refractivity contribution in [3.63, 3.8) is 0 Å². The number of pyridine rings is 2. The van der Waals surface area contributed by atoms with Crippen LogP contribution in [0.5, 0.6) is 0 Å². The molecule has 45 heavy (non-hydrogen) atoms. The van der Waals surface area contributed by atoms with E-state index in [1.54, 1.807) is 23.9 Å². The van der Waals surface area contributed by atoms with Crippen molar-refractivity contribution in [3.05, 3.63) is 84.6 Å². The molecule has 5 aromatic rings. The van der Waals surface area contributed by atoms with E-state index in [4.69, 9.17) is 19.5 Å². The quantitative estimate of drug-likeness (QED) is 0.107. The summed E-state index contributed by atoms with van der Waals surface area (Å²) in [6.07, 6.45) is 5.43. The number of hydrogen-bond donors (Lipinski definition) is 2. The van der Waals surface area contributed by atoms with Crippen LogP contribution >= 0.6 is 0 Å². The number of rotatable bonds is 9. The Morgan fingerprint density at radius 3 is 2.36 bits per heavy atom. The monoisotopic (exact) mass is 645 g/mol. The maximum atomic E-state index is 12.8. The van der Waals surface area contributed by atoms with Gasteiger partial charge in [-0.25, -0.2) is 19.3 Å². The minimum Gasteiger partial charge on any atom is -0.598 e. The molecule has 0 spiro atoms. The Morgan fingerprint density at radius 1 is 0.956 bits per heavy atom. The Labute approximate surface area is 269 Å². The van der Waals surface area contributed by atoms with Gasteiger partial charge in [0.05, 0.1) is 41.1 Å². The lowest BCUT2D eigenvalue weighted by atomic mass is 10.1. The van der Waals surface area contributed by atoms with E-state index in [2.05, 4.69) is 43.7 Å². The first-order valence-corrected chi connectivity index (χ1v) is 19.0. The summed E-state index contributed by atoms with van der Waals surface area (Å²) in [7, 11) is -1.95. The molecule has 0 aliphatic rings. The maximum absolute atomic E-state index is 12.8. The van der Waals surface area contributed by atoms with Crippen LogP contribution in [0.2, 0.25) is 18.1 Å². The van der Waals surface area contributed by atoms with Crippen molar-refractivity contribution < 1.29 is 14.1 Å². The van der Waals surface area contributed by atoms with E-state index in [9.17, 15) is 9.66 Å². The summed E-state index contributed by atoms with van der Waals surface area (Å²) in [4.78, 5) is 9.74. The zero-order valence-corrected chi connectivity index (χ0v) is 29.3. The SMILES string of the molecule is CC(C)(C)[S@@+]([O-])N[C@@](C)(O)c1cccc(-c2cc(-n3cccn3)c3cnn(-c4cccc(CO[Si](C)(C)C(C)(C)C)n4)c3c2)n1. The number of fused-ring (bicyclic) bond motifs is 1. The molecule has 2 N–H and O–H groups in total. The standard InChI is InChI=1S/C33H43N7O3SSi/c1-31(2,3)44(42)38-33(7,41)29-15-11-14-26(37-29)23-19-27(39-18-12-17-34-39)25-21-35-40(28(25)20-23)30-16-10-13-24(36-30)22-43-45(8,9)32(4,5)6/h10-21,38,41H,22H2,1-9H3/t33-,44+/m0/s1. The lowest BCUT2D eigenvalue weighted by Gasteiger charge is -2.36. The van der Waals surface area contributed by atoms with Gasteiger partial charge in [0.15, 0.2) is 19.9 Å². The topological polar surface area (TPSA) is 126 Å². The predicted molar refractivity (Wildman–Crippen MR) is 182 cm³/mol. The minimum absolute atomic E-state index is 0.0979. The largest absolute Gasteiger partial charge is 0.598 e. The van der Waals surface area contributed by atoms with Crippen LogP contribution in [0.3, 0.4) is 0 Å². The molecule has 0 amide bonds. The summed E-state index contributed by atoms with van der Waals surface area (Å²) >= 11 is -1.51. The summed E-state index contributed by atoms with van der Waals surface area (Å²) < 4.78 is 25.1. The van der Waals surface area contributed by atoms with Crippen LogP contribution < -0.4 is 4.72 Å². The number of aliphatic hydroxyl groups is 1. The van der Waals surface area contributed by atoms with Crippen molar-refractivity contribution in [2.45, 2.75) is 83.7 Å². The number of benzene rings is 1. The van der Waals surface area contributed by atoms with E-state index in [1.165, 1.54) is 0 Å². The second kappa shape index (κ2) is 12.1. The van der Waals surface area contributed by atoms with Crippen LogP contribution in [0.15, 0.2) is 73.2 Å². The maximum Gasteiger partial charge on any atom is 0.197 e. The summed E-state index contributed by atoms with van der Waals surface area (Å²) in [5, 5.41) is 21.5. The summed E-state index contributed by atoms with van der Waals surface area (Å²) in [6.45, 7) is 18.7. The van der Waals surface area contributed by atoms with Crippen molar-refractivity contribution >= 4 is 30.6 Å². The number of nitrogens with zero attached hydrogens (tertiary/aromatic N) is 6. The Balaban J connectivity index is 1.57. The molecule has 0 unspecified atom stereocenters. The van der Waals surface area contributed by atoms with Crippen LogP contribution in [0.25, 0.3) is 33.7 Å². The van der Waals surface area contributed by atoms with Crippen LogP contribution in [0, 0.1) is 0 Å². The molecular formula is C33H43N7O3SSi. The molecule has 238 valence electrons. The molecule has 4 heterocycles. The van der Waals surface area contributed by atoms with Crippen LogP contribution in [0.1, 0.15) is 59.9 Å². The lowest BCUT2D eigenvalue weighted by Crippen LogP contribution is -2.50. The van der Waals surface area contributed by atoms with E-state index in [1.807, 2.05) is 86.4 Å². The van der Waals surface area contributed by atoms with Crippen molar-refractivity contribution in [2.75, 3.05) is 0 Å². The first kappa shape index (κ1) is 33.0. The minimum atomic E-state index is -1.95. The third-order valence-electron chi connectivity index (χ3n) is 8.21. The molecule has 2 atom stereocenters. The van der Waals surface area contributed by atoms with Gasteiger partial charge in [-0.05, 0) is 88.3 Å². The molecule has 4 aromatic heterocycles. The molecule has 0 radical (unpaired) electrons. The summed E-state index contributed by atoms with van der Waals surface area (Å²) in [5.41, 5.74) is 2.62. The number of nitrogens with one attached hydrogen (secondary N) is 1. The fourth-order valence-corrected chi connectivity index (χ4v) is 6.14. The Hall–Kier alpha value is -3.39. The highest BCUT2D eigenvalue weighted by Crippen LogP contribution is 2.37. The average molecular weight is 646 g/mol. The van der Waals surface area contributed by atoms with Gasteiger partial charge in [0, 0.05) is 34.7 Å². The van der Waals surface area contributed by atoms with E-state index in [-0.39, 0.29) is 5.04 Å². The van der Waals surface area contributed by atoms with Gasteiger partial charge in [-0.2, -0.15) is 10.2 Å². The van der Waals surface area contributed by atoms with Gasteiger partial charge in [-0.15, -0.1) is 4.72 Å². The second-order valence-electron chi connectivity index (χ2n) is 13.9. The number of aromatic nitrogens is 6. The molecule has 0 saturated carbocycles. The molecule has 0 aliphatic heterocycles. The molecule has 0 aliphatic carbocycles. The molecule has 5 rings (SSSR count). The first-order valence-electron chi connectivity index (χ1n) is 15.0. The second-order valence-corrected chi connectivity index (χ2v) is 20.7. The van der Waals surface area contributed by atoms with Gasteiger partial charge in [-0.3, -0.25) is 0 Å². The third-order valence-corrected chi connectivity index (χ3v) is 14.4. The Morgan fingerprint density at radius 2 is 1.69 bits per heavy atom. The van der Waals surface area contributed by atoms with Crippen molar-refractivity contribution in [1.29, 1.82) is 0 Å². The van der Waals surface area contributed by atoms with Gasteiger partial charge < -0.3 is 14.1 Å². The van der Waals surface area contributed by atoms with Gasteiger partial charge in [0.2, 0.25) is 0 Å². The smallest absolute Gasteiger partial charge is 0.197 e. The zero-order chi connectivity index (χ0) is 32.8. The first-order chi connectivity index (χ1) is 21.0. The lowest BCUT2D eigenvalue weighted by molar-refractivity contribution is 0.0401. The molecule has 0 saturated heterocycles. The average Bonchev–Trinajstić information content (AvgIpc) is 3.65. The fourth-order valence-electron chi connectivity index (χ4n) is 4.43. The van der Waals surface area contributed by atoms with E-state index in [0.29, 0.717) is 23.8 Å². The van der Waals surface area contributed by atoms with Crippen LogP contribution in [0.4, 0.5) is 0 Å². The van der Waals surface area contributed by atoms with Crippen molar-refractivity contribution in [3.8, 4) is 22.8 Å². The summed E-state index contributed by atoms with van der Waals surface area (Å²) in [6, 6.07) is 17.2. The highest BCUT2D eigenvalue weighted by atomic mass is 32.2. The third kappa shape index (κ3) is 7.06. The number of hydrogen-bond acceptors (Lipinski definition) is 8. The molecule has 0 fully saturated rings. The highest BCUT2D eigenvalue weighted by Gasteiger charge is 2.38. The Kier molecular flexibility index (Phi) is 8.86. The summed E-state index contributed by atoms with van der Waals surface area (Å²) in [5.74, 6) is 0.670. The van der Waals surface area contributed by atoms with Gasteiger partial charge in [0.1, 0.15) is 4.75 Å². The molecule has 12 heteroatoms. The van der Waals surface area contributed by atoms with Gasteiger partial charge >= 0.3 is 0 Å². The molecule has 1 aromatic carbocycles. The predicted octanol–water partition coefficient (Wildman–Crippen LogP) is 6.41. The molecular weight excluding hydrogens is 603 g/mol. The van der Waals surface area contributed by atoms with E-state index < -0.39 is 30.2 Å². The molecule has 10 nitrogen and oxygen atoms in total. The van der Waals surface area contributed by atoms with Crippen LogP contribution in [-0.2, 0) is 28.1 Å². The van der Waals surface area contributed by atoms with Gasteiger partial charge in [0.25, 0.3) is 0 Å². The normalized spacial score (nSPS) is 14.9. The van der Waals surface area contributed by atoms with Crippen molar-refractivity contribution in [2.24, 2.45) is 0 Å². The van der Waals surface area contributed by atoms with Gasteiger partial charge in [-0.1, -0.05) is 32.9 Å². The van der Waals surface area contributed by atoms with Crippen molar-refractivity contribution in [1.82, 2.24) is 34.3 Å². The Bertz CT molecular complexity index is 1790.